The fourth-order valence-corrected chi connectivity index (χ4v) is 10.3. The van der Waals surface area contributed by atoms with E-state index in [4.69, 9.17) is 16.6 Å². The highest BCUT2D eigenvalue weighted by Gasteiger charge is 2.37. The zero-order chi connectivity index (χ0) is 73.2. The van der Waals surface area contributed by atoms with Crippen molar-refractivity contribution in [2.45, 2.75) is 185 Å². The van der Waals surface area contributed by atoms with Gasteiger partial charge in [-0.15, -0.1) is 0 Å². The summed E-state index contributed by atoms with van der Waals surface area (Å²) in [4.78, 5) is 188. The molecule has 0 radical (unpaired) electrons. The number of unbranched alkanes of at least 4 members (excludes halogenated alkanes) is 1. The second-order valence-corrected chi connectivity index (χ2v) is 25.3. The van der Waals surface area contributed by atoms with Crippen LogP contribution < -0.4 is 64.6 Å². The number of amides is 10. The van der Waals surface area contributed by atoms with Crippen molar-refractivity contribution in [3.63, 3.8) is 0 Å². The number of hydrogen-bond donors (Lipinski definition) is 17. The van der Waals surface area contributed by atoms with Gasteiger partial charge >= 0.3 is 23.9 Å². The second kappa shape index (κ2) is 42.8. The second-order valence-electron chi connectivity index (χ2n) is 24.3. The van der Waals surface area contributed by atoms with Gasteiger partial charge in [0.05, 0.1) is 12.5 Å². The van der Waals surface area contributed by atoms with Crippen LogP contribution in [0.15, 0.2) is 84.9 Å². The summed E-state index contributed by atoms with van der Waals surface area (Å²) in [6.07, 6.45) is -1.22. The Balaban J connectivity index is 1.96. The number of nitrogens with one attached hydrogen (secondary N) is 10. The molecule has 538 valence electrons. The molecule has 0 fully saturated rings. The SMILES string of the molecule is CSCC[C@H](NC(=O)[C@@H](NC(=O)[C@@H](N)CCC(=O)O)C(C)C)C(=O)N[C@@H](CCC(=O)O)C(=O)N[C@@H](Cc1ccc(O)cc1)C(=O)N[C@@H](Cc1ccccc1)C(=O)N[C@@H](C)C(=O)N[C@@H](CC(=O)O)C(=O)N[C@@H](CC(C)C)C(=O)N[C@@H](Cc1ccccc1)C(=O)N[C@@H](CCCCN)C(=O)O. The lowest BCUT2D eigenvalue weighted by Crippen LogP contribution is -2.61. The average molecular weight is 1390 g/mol. The number of phenolic OH excluding ortho intramolecular Hbond substituents is 1. The summed E-state index contributed by atoms with van der Waals surface area (Å²) < 4.78 is 0. The van der Waals surface area contributed by atoms with Crippen molar-refractivity contribution < 1.29 is 92.7 Å². The van der Waals surface area contributed by atoms with E-state index in [1.807, 2.05) is 0 Å². The van der Waals surface area contributed by atoms with Gasteiger partial charge in [0.25, 0.3) is 0 Å². The van der Waals surface area contributed by atoms with E-state index in [0.29, 0.717) is 29.5 Å². The molecular weight excluding hydrogens is 1300 g/mol. The van der Waals surface area contributed by atoms with Gasteiger partial charge in [-0.1, -0.05) is 100 Å². The summed E-state index contributed by atoms with van der Waals surface area (Å²) in [5.41, 5.74) is 12.9. The number of aliphatic carboxylic acids is 4. The number of carboxylic acids is 4. The van der Waals surface area contributed by atoms with Gasteiger partial charge in [0.2, 0.25) is 59.1 Å². The number of phenols is 1. The molecule has 0 aromatic heterocycles. The molecule has 0 saturated carbocycles. The van der Waals surface area contributed by atoms with Gasteiger partial charge in [-0.05, 0) is 111 Å². The highest BCUT2D eigenvalue weighted by atomic mass is 32.2. The fraction of sp³-hybridized carbons (Fsp3) is 0.515. The lowest BCUT2D eigenvalue weighted by atomic mass is 10.00. The van der Waals surface area contributed by atoms with E-state index in [2.05, 4.69) is 53.2 Å². The Morgan fingerprint density at radius 3 is 1.29 bits per heavy atom. The monoisotopic (exact) mass is 1390 g/mol. The van der Waals surface area contributed by atoms with Crippen molar-refractivity contribution >= 4 is 94.7 Å². The smallest absolute Gasteiger partial charge is 0.326 e. The normalized spacial score (nSPS) is 14.5. The van der Waals surface area contributed by atoms with Gasteiger partial charge in [-0.3, -0.25) is 62.3 Å². The minimum absolute atomic E-state index is 0.0378. The van der Waals surface area contributed by atoms with Crippen LogP contribution in [0.3, 0.4) is 0 Å². The van der Waals surface area contributed by atoms with Crippen LogP contribution in [0, 0.1) is 11.8 Å². The molecule has 0 aliphatic carbocycles. The number of rotatable bonds is 45. The number of nitrogens with two attached hydrogens (primary N) is 2. The van der Waals surface area contributed by atoms with Crippen LogP contribution in [-0.2, 0) is 86.4 Å². The molecule has 32 heteroatoms. The highest BCUT2D eigenvalue weighted by molar-refractivity contribution is 7.98. The topological polar surface area (TPSA) is 512 Å². The Hall–Kier alpha value is -9.69. The van der Waals surface area contributed by atoms with E-state index in [1.54, 1.807) is 94.6 Å². The molecule has 0 aliphatic rings. The predicted molar refractivity (Wildman–Crippen MR) is 359 cm³/mol. The van der Waals surface area contributed by atoms with Gasteiger partial charge in [0.15, 0.2) is 0 Å². The maximum atomic E-state index is 14.7. The first-order valence-electron chi connectivity index (χ1n) is 32.0. The Labute approximate surface area is 572 Å². The molecular formula is C66H94N12O19S. The zero-order valence-corrected chi connectivity index (χ0v) is 56.5. The maximum absolute atomic E-state index is 14.7. The van der Waals surface area contributed by atoms with E-state index in [9.17, 15) is 87.5 Å². The summed E-state index contributed by atoms with van der Waals surface area (Å²) >= 11 is 1.29. The molecule has 0 saturated heterocycles. The molecule has 3 rings (SSSR count). The van der Waals surface area contributed by atoms with E-state index in [1.165, 1.54) is 43.0 Å². The van der Waals surface area contributed by atoms with E-state index < -0.39 is 181 Å². The Morgan fingerprint density at radius 1 is 0.418 bits per heavy atom. The summed E-state index contributed by atoms with van der Waals surface area (Å²) in [6.45, 7) is 8.08. The van der Waals surface area contributed by atoms with Crippen molar-refractivity contribution in [2.75, 3.05) is 18.6 Å². The molecule has 0 spiro atoms. The number of carbonyl (C=O) groups is 14. The van der Waals surface area contributed by atoms with Gasteiger partial charge < -0.3 is 90.2 Å². The van der Waals surface area contributed by atoms with Crippen molar-refractivity contribution in [3.05, 3.63) is 102 Å². The minimum Gasteiger partial charge on any atom is -0.508 e. The van der Waals surface area contributed by atoms with Crippen LogP contribution in [0.1, 0.15) is 116 Å². The molecule has 0 unspecified atom stereocenters. The molecule has 3 aromatic carbocycles. The number of aromatic hydroxyl groups is 1. The van der Waals surface area contributed by atoms with Crippen LogP contribution in [0.25, 0.3) is 0 Å². The van der Waals surface area contributed by atoms with E-state index >= 15 is 0 Å². The minimum atomic E-state index is -1.90. The fourth-order valence-electron chi connectivity index (χ4n) is 9.85. The molecule has 11 atom stereocenters. The van der Waals surface area contributed by atoms with Crippen molar-refractivity contribution in [1.29, 1.82) is 0 Å². The first kappa shape index (κ1) is 82.5. The largest absolute Gasteiger partial charge is 0.508 e. The highest BCUT2D eigenvalue weighted by Crippen LogP contribution is 2.16. The number of carboxylic acid groups (broad SMARTS) is 4. The van der Waals surface area contributed by atoms with Crippen LogP contribution in [0.2, 0.25) is 0 Å². The van der Waals surface area contributed by atoms with Crippen molar-refractivity contribution in [3.8, 4) is 5.75 Å². The predicted octanol–water partition coefficient (Wildman–Crippen LogP) is -0.512. The number of hydrogen-bond acceptors (Lipinski definition) is 18. The van der Waals surface area contributed by atoms with Crippen LogP contribution in [-0.4, -0.2) is 193 Å². The van der Waals surface area contributed by atoms with Crippen molar-refractivity contribution in [1.82, 2.24) is 53.2 Å². The standard InChI is InChI=1S/C66H94N12O19S/c1-36(2)31-47(61(91)77-49(33-40-17-11-8-12-18-40)62(92)72-46(66(96)97)19-13-14-29-67)74-64(94)51(35-54(84)85)73-56(86)38(5)69-60(90)48(32-39-15-9-7-10-16-39)76-63(93)50(34-41-20-22-42(79)23-21-41)75-58(88)44(25-27-53(82)83)70-59(89)45(28-30-98-6)71-65(95)55(37(3)4)78-57(87)43(68)24-26-52(80)81/h7-12,15-18,20-23,36-38,43-51,55,79H,13-14,19,24-35,67-68H2,1-6H3,(H,69,90)(H,70,89)(H,71,95)(H,72,92)(H,73,86)(H,74,94)(H,75,88)(H,76,93)(H,77,91)(H,78,87)(H,80,81)(H,82,83)(H,84,85)(H,96,97)/t38-,43-,44-,45-,46-,47-,48-,49-,50-,51-,55-/m0/s1. The molecule has 10 amide bonds. The molecule has 3 aromatic rings. The van der Waals surface area contributed by atoms with E-state index in [-0.39, 0.29) is 68.9 Å². The quantitative estimate of drug-likeness (QED) is 0.0317. The summed E-state index contributed by atoms with van der Waals surface area (Å²) in [6, 6.07) is 5.43. The maximum Gasteiger partial charge on any atom is 0.326 e. The first-order valence-corrected chi connectivity index (χ1v) is 33.4. The number of benzene rings is 3. The van der Waals surface area contributed by atoms with E-state index in [0.717, 1.165) is 0 Å². The molecule has 31 nitrogen and oxygen atoms in total. The van der Waals surface area contributed by atoms with Gasteiger partial charge in [0, 0.05) is 32.1 Å². The van der Waals surface area contributed by atoms with Crippen LogP contribution in [0.4, 0.5) is 0 Å². The zero-order valence-electron chi connectivity index (χ0n) is 55.7. The third kappa shape index (κ3) is 30.6. The first-order chi connectivity index (χ1) is 46.3. The molecule has 0 aliphatic heterocycles. The molecule has 98 heavy (non-hydrogen) atoms. The summed E-state index contributed by atoms with van der Waals surface area (Å²) in [7, 11) is 0. The van der Waals surface area contributed by atoms with Gasteiger partial charge in [-0.25, -0.2) is 4.79 Å². The van der Waals surface area contributed by atoms with Crippen LogP contribution in [0.5, 0.6) is 5.75 Å². The summed E-state index contributed by atoms with van der Waals surface area (Å²) in [5, 5.41) is 73.9. The molecule has 0 bridgehead atoms. The van der Waals surface area contributed by atoms with Gasteiger partial charge in [-0.2, -0.15) is 11.8 Å². The third-order valence-electron chi connectivity index (χ3n) is 15.3. The number of thioether (sulfide) groups is 1. The Kier molecular flexibility index (Phi) is 36.0. The third-order valence-corrected chi connectivity index (χ3v) is 15.9. The Morgan fingerprint density at radius 2 is 0.827 bits per heavy atom. The summed E-state index contributed by atoms with van der Waals surface area (Å²) in [5.74, 6) is -16.1. The Bertz CT molecular complexity index is 3180. The number of carbonyl (C=O) groups excluding carboxylic acids is 10. The molecule has 19 N–H and O–H groups in total. The van der Waals surface area contributed by atoms with Crippen molar-refractivity contribution in [2.24, 2.45) is 23.3 Å². The van der Waals surface area contributed by atoms with Crippen LogP contribution >= 0.6 is 11.8 Å². The average Bonchev–Trinajstić information content (AvgIpc) is 0.861. The molecule has 0 heterocycles. The van der Waals surface area contributed by atoms with Gasteiger partial charge in [0.1, 0.15) is 66.2 Å². The lowest BCUT2D eigenvalue weighted by molar-refractivity contribution is -0.142. The lowest BCUT2D eigenvalue weighted by Gasteiger charge is -2.28.